The molecule has 1 heteroatoms. The molecule has 0 N–H and O–H groups in total. The highest BCUT2D eigenvalue weighted by Gasteiger charge is 2.53. The molecule has 4 rings (SSSR count). The van der Waals surface area contributed by atoms with Crippen molar-refractivity contribution in [1.82, 2.24) is 0 Å². The number of hydrogen-bond donors (Lipinski definition) is 0. The first-order valence-corrected chi connectivity index (χ1v) is 7.15. The summed E-state index contributed by atoms with van der Waals surface area (Å²) in [6.45, 7) is 0. The average Bonchev–Trinajstić information content (AvgIpc) is 2.95. The van der Waals surface area contributed by atoms with Crippen molar-refractivity contribution in [3.05, 3.63) is 0 Å². The minimum Gasteiger partial charge on any atom is -0.0566 e. The lowest BCUT2D eigenvalue weighted by Crippen LogP contribution is -2.26. The van der Waals surface area contributed by atoms with Gasteiger partial charge in [-0.15, -0.1) is 0 Å². The van der Waals surface area contributed by atoms with Crippen LogP contribution < -0.4 is 0 Å². The third-order valence-electron chi connectivity index (χ3n) is 6.20. The van der Waals surface area contributed by atoms with E-state index in [0.29, 0.717) is 0 Å². The second-order valence-electron chi connectivity index (χ2n) is 7.16. The lowest BCUT2D eigenvalue weighted by molar-refractivity contribution is 0.456. The first-order chi connectivity index (χ1) is 7.28. The first kappa shape index (κ1) is 9.13. The summed E-state index contributed by atoms with van der Waals surface area (Å²) < 4.78 is 0. The number of rotatable bonds is 2. The molecule has 0 aromatic heterocycles. The van der Waals surface area contributed by atoms with E-state index in [1.807, 2.05) is 0 Å². The number of fused-ring (bicyclic) bond motifs is 4. The van der Waals surface area contributed by atoms with Gasteiger partial charge in [-0.3, -0.25) is 0 Å². The van der Waals surface area contributed by atoms with Crippen LogP contribution in [0.3, 0.4) is 0 Å². The second kappa shape index (κ2) is 2.84. The topological polar surface area (TPSA) is 0 Å². The van der Waals surface area contributed by atoms with Gasteiger partial charge in [0.15, 0.2) is 0 Å². The Hall–Kier alpha value is 0.0649. The zero-order valence-electron chi connectivity index (χ0n) is 9.80. The van der Waals surface area contributed by atoms with E-state index in [1.165, 1.54) is 0 Å². The molecule has 0 atom stereocenters. The smallest absolute Gasteiger partial charge is 0.0566 e. The van der Waals surface area contributed by atoms with Crippen LogP contribution in [0.4, 0.5) is 0 Å². The largest absolute Gasteiger partial charge is 0.126 e. The highest BCUT2D eigenvalue weighted by molar-refractivity contribution is 6.44. The Morgan fingerprint density at radius 2 is 1.07 bits per heavy atom. The molecule has 81 valence electrons. The Labute approximate surface area is 94.4 Å². The third kappa shape index (κ3) is 1.28. The molecule has 0 spiro atoms. The zero-order chi connectivity index (χ0) is 9.93. The SMILES string of the molecule is [B](C12CCC(CC1)C2)C12CCC(CC1)C2. The van der Waals surface area contributed by atoms with Crippen LogP contribution in [0.1, 0.15) is 64.2 Å². The zero-order valence-corrected chi connectivity index (χ0v) is 9.80. The average molecular weight is 201 g/mol. The fourth-order valence-corrected chi connectivity index (χ4v) is 5.53. The van der Waals surface area contributed by atoms with Gasteiger partial charge >= 0.3 is 0 Å². The Morgan fingerprint density at radius 1 is 0.667 bits per heavy atom. The summed E-state index contributed by atoms with van der Waals surface area (Å²) in [4.78, 5) is 0. The Kier molecular flexibility index (Phi) is 1.73. The van der Waals surface area contributed by atoms with Gasteiger partial charge in [0.05, 0.1) is 0 Å². The van der Waals surface area contributed by atoms with Gasteiger partial charge < -0.3 is 0 Å². The van der Waals surface area contributed by atoms with Gasteiger partial charge in [-0.2, -0.15) is 0 Å². The van der Waals surface area contributed by atoms with Crippen molar-refractivity contribution < 1.29 is 0 Å². The van der Waals surface area contributed by atoms with E-state index in [4.69, 9.17) is 0 Å². The van der Waals surface area contributed by atoms with Gasteiger partial charge in [-0.25, -0.2) is 0 Å². The summed E-state index contributed by atoms with van der Waals surface area (Å²) in [5, 5.41) is 1.48. The lowest BCUT2D eigenvalue weighted by Gasteiger charge is -2.36. The van der Waals surface area contributed by atoms with Crippen molar-refractivity contribution in [2.75, 3.05) is 0 Å². The van der Waals surface area contributed by atoms with Gasteiger partial charge in [0.2, 0.25) is 0 Å². The Balaban J connectivity index is 1.55. The predicted molar refractivity (Wildman–Crippen MR) is 64.3 cm³/mol. The van der Waals surface area contributed by atoms with Crippen LogP contribution in [0.2, 0.25) is 10.6 Å². The van der Waals surface area contributed by atoms with Gasteiger partial charge in [-0.05, 0) is 11.8 Å². The maximum Gasteiger partial charge on any atom is 0.126 e. The molecule has 0 amide bonds. The van der Waals surface area contributed by atoms with Crippen LogP contribution in [0.5, 0.6) is 0 Å². The summed E-state index contributed by atoms with van der Waals surface area (Å²) in [7, 11) is 2.92. The maximum atomic E-state index is 2.92. The lowest BCUT2D eigenvalue weighted by atomic mass is 9.37. The molecule has 0 aliphatic heterocycles. The minimum atomic E-state index is 0.740. The van der Waals surface area contributed by atoms with E-state index in [2.05, 4.69) is 7.28 Å². The standard InChI is InChI=1S/C14H22B/c1-5-13(6-2-11(1)9-13)15-14-7-3-12(10-14)4-8-14/h11-12H,1-10H2. The third-order valence-corrected chi connectivity index (χ3v) is 6.20. The monoisotopic (exact) mass is 201 g/mol. The van der Waals surface area contributed by atoms with Crippen LogP contribution in [0.25, 0.3) is 0 Å². The van der Waals surface area contributed by atoms with Crippen molar-refractivity contribution in [2.24, 2.45) is 11.8 Å². The van der Waals surface area contributed by atoms with E-state index in [0.717, 1.165) is 22.5 Å². The van der Waals surface area contributed by atoms with Crippen LogP contribution in [-0.2, 0) is 0 Å². The predicted octanol–water partition coefficient (Wildman–Crippen LogP) is 4.20. The fraction of sp³-hybridized carbons (Fsp3) is 1.00. The maximum absolute atomic E-state index is 2.92. The van der Waals surface area contributed by atoms with E-state index in [1.54, 1.807) is 64.2 Å². The normalized spacial score (nSPS) is 56.5. The van der Waals surface area contributed by atoms with Crippen molar-refractivity contribution >= 4 is 7.28 Å². The molecule has 0 nitrogen and oxygen atoms in total. The molecule has 1 radical (unpaired) electrons. The molecule has 4 saturated carbocycles. The summed E-state index contributed by atoms with van der Waals surface area (Å²) in [5.41, 5.74) is 0. The van der Waals surface area contributed by atoms with Gasteiger partial charge in [0.25, 0.3) is 0 Å². The highest BCUT2D eigenvalue weighted by Crippen LogP contribution is 2.67. The molecular formula is C14H22B. The van der Waals surface area contributed by atoms with E-state index >= 15 is 0 Å². The molecule has 4 fully saturated rings. The van der Waals surface area contributed by atoms with Crippen molar-refractivity contribution in [2.45, 2.75) is 74.8 Å². The van der Waals surface area contributed by atoms with Gasteiger partial charge in [0, 0.05) is 0 Å². The van der Waals surface area contributed by atoms with Crippen LogP contribution in [-0.4, -0.2) is 7.28 Å². The molecule has 15 heavy (non-hydrogen) atoms. The molecule has 0 aromatic carbocycles. The molecule has 0 heterocycles. The first-order valence-electron chi connectivity index (χ1n) is 7.15. The van der Waals surface area contributed by atoms with Crippen LogP contribution >= 0.6 is 0 Å². The van der Waals surface area contributed by atoms with Crippen molar-refractivity contribution in [3.8, 4) is 0 Å². The minimum absolute atomic E-state index is 0.740. The van der Waals surface area contributed by atoms with Crippen molar-refractivity contribution in [3.63, 3.8) is 0 Å². The summed E-state index contributed by atoms with van der Waals surface area (Å²) in [5.74, 6) is 2.24. The summed E-state index contributed by atoms with van der Waals surface area (Å²) in [6, 6.07) is 0. The molecule has 0 saturated heterocycles. The van der Waals surface area contributed by atoms with Crippen LogP contribution in [0.15, 0.2) is 0 Å². The van der Waals surface area contributed by atoms with Crippen LogP contribution in [0, 0.1) is 11.8 Å². The van der Waals surface area contributed by atoms with Gasteiger partial charge in [-0.1, -0.05) is 74.8 Å². The molecule has 4 bridgehead atoms. The summed E-state index contributed by atoms with van der Waals surface area (Å²) >= 11 is 0. The van der Waals surface area contributed by atoms with E-state index in [9.17, 15) is 0 Å². The quantitative estimate of drug-likeness (QED) is 0.587. The Morgan fingerprint density at radius 3 is 1.33 bits per heavy atom. The molecular weight excluding hydrogens is 179 g/mol. The molecule has 4 aliphatic rings. The van der Waals surface area contributed by atoms with Gasteiger partial charge in [0.1, 0.15) is 7.28 Å². The highest BCUT2D eigenvalue weighted by atomic mass is 14.5. The van der Waals surface area contributed by atoms with E-state index < -0.39 is 0 Å². The second-order valence-corrected chi connectivity index (χ2v) is 7.16. The summed E-state index contributed by atoms with van der Waals surface area (Å²) in [6.07, 6.45) is 15.5. The molecule has 4 aliphatic carbocycles. The molecule has 0 unspecified atom stereocenters. The van der Waals surface area contributed by atoms with E-state index in [-0.39, 0.29) is 0 Å². The fourth-order valence-electron chi connectivity index (χ4n) is 5.53. The van der Waals surface area contributed by atoms with Crippen molar-refractivity contribution in [1.29, 1.82) is 0 Å². The Bertz CT molecular complexity index is 239. The number of hydrogen-bond acceptors (Lipinski definition) is 0. The molecule has 0 aromatic rings.